The highest BCUT2D eigenvalue weighted by atomic mass is 16.6. The van der Waals surface area contributed by atoms with Gasteiger partial charge in [-0.1, -0.05) is 51.7 Å². The Bertz CT molecular complexity index is 1640. The maximum Gasteiger partial charge on any atom is 0.408 e. The van der Waals surface area contributed by atoms with E-state index >= 15 is 0 Å². The largest absolute Gasteiger partial charge is 0.447 e. The molecule has 2 aliphatic rings. The van der Waals surface area contributed by atoms with Gasteiger partial charge < -0.3 is 30.2 Å². The molecule has 3 amide bonds. The monoisotopic (exact) mass is 847 g/mol. The van der Waals surface area contributed by atoms with Crippen molar-refractivity contribution in [2.24, 2.45) is 0 Å². The number of nitrogens with one attached hydrogen (secondary N) is 3. The number of aromatic nitrogens is 3. The minimum absolute atomic E-state index is 0.169. The minimum Gasteiger partial charge on any atom is -0.447 e. The first kappa shape index (κ1) is 50.0. The molecule has 0 radical (unpaired) electrons. The van der Waals surface area contributed by atoms with Crippen LogP contribution in [0.5, 0.6) is 0 Å². The smallest absolute Gasteiger partial charge is 0.408 e. The minimum atomic E-state index is -0.774. The molecule has 3 N–H and O–H groups in total. The van der Waals surface area contributed by atoms with E-state index in [2.05, 4.69) is 52.8 Å². The summed E-state index contributed by atoms with van der Waals surface area (Å²) in [6.07, 6.45) is 9.86. The summed E-state index contributed by atoms with van der Waals surface area (Å²) in [6.45, 7) is 24.1. The van der Waals surface area contributed by atoms with Gasteiger partial charge in [0.15, 0.2) is 0 Å². The van der Waals surface area contributed by atoms with E-state index in [1.165, 1.54) is 13.7 Å². The summed E-state index contributed by atoms with van der Waals surface area (Å²) in [5, 5.41) is 8.32. The van der Waals surface area contributed by atoms with Gasteiger partial charge in [0.25, 0.3) is 0 Å². The Kier molecular flexibility index (Phi) is 20.6. The number of amides is 3. The standard InChI is InChI=1S/C43H74N8O9/c1-9-42(7,31-47-29-34(47)5)59-37(53)45-24-18-12-15-21-27-50-39(55)49(26-20-14-11-17-23-44-36(52)58-33(3)4)40(56)51(41(50)57)28-22-16-13-19-25-46-38(54)60-43(8,10-2)32-48-30-35(48)6/h9-10,33-35H,1-2,11-32H2,3-8H3,(H,44,52)(H,45,53)(H,46,54). The zero-order valence-corrected chi connectivity index (χ0v) is 37.3. The van der Waals surface area contributed by atoms with E-state index in [1.807, 2.05) is 13.8 Å². The summed E-state index contributed by atoms with van der Waals surface area (Å²) in [5.41, 5.74) is -3.38. The van der Waals surface area contributed by atoms with E-state index in [4.69, 9.17) is 14.2 Å². The zero-order valence-electron chi connectivity index (χ0n) is 37.3. The predicted molar refractivity (Wildman–Crippen MR) is 232 cm³/mol. The lowest BCUT2D eigenvalue weighted by Gasteiger charge is -2.26. The molecule has 2 fully saturated rings. The van der Waals surface area contributed by atoms with Crippen molar-refractivity contribution >= 4 is 18.3 Å². The molecule has 6 atom stereocenters. The first-order chi connectivity index (χ1) is 28.5. The van der Waals surface area contributed by atoms with Crippen molar-refractivity contribution in [3.63, 3.8) is 0 Å². The van der Waals surface area contributed by atoms with E-state index in [1.54, 1.807) is 26.0 Å². The summed E-state index contributed by atoms with van der Waals surface area (Å²) >= 11 is 0. The lowest BCUT2D eigenvalue weighted by atomic mass is 10.1. The van der Waals surface area contributed by atoms with Crippen LogP contribution >= 0.6 is 0 Å². The van der Waals surface area contributed by atoms with Crippen LogP contribution in [0, 0.1) is 0 Å². The molecule has 1 aromatic heterocycles. The molecule has 1 aromatic rings. The molecule has 3 heterocycles. The van der Waals surface area contributed by atoms with Gasteiger partial charge in [0, 0.05) is 77.5 Å². The van der Waals surface area contributed by atoms with E-state index in [0.717, 1.165) is 45.2 Å². The maximum atomic E-state index is 13.6. The van der Waals surface area contributed by atoms with E-state index < -0.39 is 46.6 Å². The van der Waals surface area contributed by atoms with Gasteiger partial charge in [0.05, 0.1) is 6.10 Å². The second-order valence-electron chi connectivity index (χ2n) is 17.1. The molecule has 340 valence electrons. The SMILES string of the molecule is C=CC(C)(CN1CC1C)OC(=O)NCCCCCCn1c(=O)n(CCCCCCNC(=O)OC(C)C)c(=O)n(CCCCCCNC(=O)OC(C)(C=C)CN2CC2C)c1=O. The molecule has 2 saturated heterocycles. The lowest BCUT2D eigenvalue weighted by molar-refractivity contribution is 0.0480. The molecular weight excluding hydrogens is 773 g/mol. The van der Waals surface area contributed by atoms with Crippen LogP contribution in [0.15, 0.2) is 39.7 Å². The summed E-state index contributed by atoms with van der Waals surface area (Å²) in [4.78, 5) is 81.7. The Morgan fingerprint density at radius 2 is 0.900 bits per heavy atom. The fraction of sp³-hybridized carbons (Fsp3) is 0.767. The van der Waals surface area contributed by atoms with Gasteiger partial charge in [-0.3, -0.25) is 9.80 Å². The molecule has 6 unspecified atom stereocenters. The number of carbonyl (C=O) groups is 3. The number of hydrogen-bond donors (Lipinski definition) is 3. The highest BCUT2D eigenvalue weighted by molar-refractivity contribution is 5.68. The van der Waals surface area contributed by atoms with Crippen molar-refractivity contribution in [2.45, 2.75) is 168 Å². The number of nitrogens with zero attached hydrogens (tertiary/aromatic N) is 5. The summed E-state index contributed by atoms with van der Waals surface area (Å²) in [5.74, 6) is 0. The first-order valence-electron chi connectivity index (χ1n) is 22.1. The third-order valence-corrected chi connectivity index (χ3v) is 11.0. The van der Waals surface area contributed by atoms with E-state index in [0.29, 0.717) is 89.8 Å². The summed E-state index contributed by atoms with van der Waals surface area (Å²) in [7, 11) is 0. The van der Waals surface area contributed by atoms with Crippen LogP contribution in [0.1, 0.15) is 119 Å². The Morgan fingerprint density at radius 1 is 0.600 bits per heavy atom. The highest BCUT2D eigenvalue weighted by Crippen LogP contribution is 2.24. The first-order valence-corrected chi connectivity index (χ1v) is 22.1. The molecule has 0 bridgehead atoms. The van der Waals surface area contributed by atoms with Crippen LogP contribution in [-0.2, 0) is 33.8 Å². The van der Waals surface area contributed by atoms with Crippen LogP contribution in [0.25, 0.3) is 0 Å². The predicted octanol–water partition coefficient (Wildman–Crippen LogP) is 4.74. The Hall–Kier alpha value is -4.38. The molecule has 60 heavy (non-hydrogen) atoms. The highest BCUT2D eigenvalue weighted by Gasteiger charge is 2.38. The maximum absolute atomic E-state index is 13.6. The van der Waals surface area contributed by atoms with Crippen LogP contribution in [-0.4, -0.2) is 117 Å². The molecule has 0 aromatic carbocycles. The molecule has 17 nitrogen and oxygen atoms in total. The molecule has 17 heteroatoms. The van der Waals surface area contributed by atoms with Crippen molar-refractivity contribution in [3.8, 4) is 0 Å². The third kappa shape index (κ3) is 17.7. The molecule has 2 aliphatic heterocycles. The van der Waals surface area contributed by atoms with Gasteiger partial charge in [-0.15, -0.1) is 0 Å². The molecule has 3 rings (SSSR count). The van der Waals surface area contributed by atoms with Crippen molar-refractivity contribution in [1.29, 1.82) is 0 Å². The average molecular weight is 847 g/mol. The molecular formula is C43H74N8O9. The van der Waals surface area contributed by atoms with Gasteiger partial charge >= 0.3 is 35.3 Å². The number of rotatable bonds is 30. The number of alkyl carbamates (subject to hydrolysis) is 3. The summed E-state index contributed by atoms with van der Waals surface area (Å²) < 4.78 is 19.9. The van der Waals surface area contributed by atoms with Crippen molar-refractivity contribution < 1.29 is 28.6 Å². The number of carbonyl (C=O) groups excluding carboxylic acids is 3. The lowest BCUT2D eigenvalue weighted by Crippen LogP contribution is -2.54. The van der Waals surface area contributed by atoms with Crippen LogP contribution in [0.2, 0.25) is 0 Å². The Morgan fingerprint density at radius 3 is 1.18 bits per heavy atom. The normalized spacial score (nSPS) is 20.0. The second kappa shape index (κ2) is 24.8. The van der Waals surface area contributed by atoms with Gasteiger partial charge in [0.2, 0.25) is 0 Å². The Balaban J connectivity index is 1.49. The van der Waals surface area contributed by atoms with Gasteiger partial charge in [-0.2, -0.15) is 0 Å². The molecule has 0 aliphatic carbocycles. The quantitative estimate of drug-likeness (QED) is 0.0421. The van der Waals surface area contributed by atoms with Crippen molar-refractivity contribution in [1.82, 2.24) is 39.5 Å². The van der Waals surface area contributed by atoms with E-state index in [9.17, 15) is 28.8 Å². The van der Waals surface area contributed by atoms with Crippen LogP contribution < -0.4 is 33.0 Å². The van der Waals surface area contributed by atoms with Gasteiger partial charge in [0.1, 0.15) is 11.2 Å². The van der Waals surface area contributed by atoms with Gasteiger partial charge in [-0.05, 0) is 92.2 Å². The van der Waals surface area contributed by atoms with Crippen LogP contribution in [0.3, 0.4) is 0 Å². The molecule has 0 saturated carbocycles. The number of hydrogen-bond acceptors (Lipinski definition) is 11. The molecule has 0 spiro atoms. The zero-order chi connectivity index (χ0) is 44.3. The fourth-order valence-corrected chi connectivity index (χ4v) is 6.93. The number of ether oxygens (including phenoxy) is 3. The second-order valence-corrected chi connectivity index (χ2v) is 17.1. The fourth-order valence-electron chi connectivity index (χ4n) is 6.93. The van der Waals surface area contributed by atoms with Crippen molar-refractivity contribution in [2.75, 3.05) is 45.8 Å². The average Bonchev–Trinajstić information content (AvgIpc) is 4.09. The third-order valence-electron chi connectivity index (χ3n) is 11.0. The van der Waals surface area contributed by atoms with Crippen molar-refractivity contribution in [3.05, 3.63) is 56.8 Å². The summed E-state index contributed by atoms with van der Waals surface area (Å²) in [6, 6.07) is 0.964. The Labute approximate surface area is 355 Å². The van der Waals surface area contributed by atoms with Gasteiger partial charge in [-0.25, -0.2) is 42.5 Å². The number of unbranched alkanes of at least 4 members (excludes halogenated alkanes) is 9. The van der Waals surface area contributed by atoms with E-state index in [-0.39, 0.29) is 25.7 Å². The topological polar surface area (TPSA) is 187 Å². The van der Waals surface area contributed by atoms with Crippen LogP contribution in [0.4, 0.5) is 14.4 Å².